The van der Waals surface area contributed by atoms with Crippen molar-refractivity contribution < 1.29 is 32.6 Å². The van der Waals surface area contributed by atoms with Crippen LogP contribution in [0.5, 0.6) is 17.2 Å². The predicted octanol–water partition coefficient (Wildman–Crippen LogP) is 6.06. The summed E-state index contributed by atoms with van der Waals surface area (Å²) in [5.41, 5.74) is 4.69. The average Bonchev–Trinajstić information content (AvgIpc) is 3.03. The molecule has 220 valence electrons. The van der Waals surface area contributed by atoms with Crippen molar-refractivity contribution in [2.24, 2.45) is 0 Å². The monoisotopic (exact) mass is 589 g/mol. The Morgan fingerprint density at radius 2 is 1.57 bits per heavy atom. The number of unbranched alkanes of at least 4 members (excludes halogenated alkanes) is 1. The number of hydrogen-bond acceptors (Lipinski definition) is 7. The van der Waals surface area contributed by atoms with Gasteiger partial charge in [0.15, 0.2) is 21.3 Å². The highest BCUT2D eigenvalue weighted by Gasteiger charge is 2.33. The van der Waals surface area contributed by atoms with Crippen molar-refractivity contribution in [1.82, 2.24) is 5.48 Å². The first-order valence-corrected chi connectivity index (χ1v) is 15.2. The summed E-state index contributed by atoms with van der Waals surface area (Å²) in [5, 5.41) is 7.75. The molecule has 4 aromatic rings. The van der Waals surface area contributed by atoms with Crippen LogP contribution < -0.4 is 19.7 Å². The van der Waals surface area contributed by atoms with E-state index in [9.17, 15) is 13.2 Å². The third-order valence-electron chi connectivity index (χ3n) is 6.97. The van der Waals surface area contributed by atoms with Crippen molar-refractivity contribution in [3.63, 3.8) is 0 Å². The van der Waals surface area contributed by atoms with Crippen molar-refractivity contribution in [3.05, 3.63) is 119 Å². The van der Waals surface area contributed by atoms with Crippen LogP contribution in [0.2, 0.25) is 0 Å². The summed E-state index contributed by atoms with van der Waals surface area (Å²) in [7, 11) is -1.05. The van der Waals surface area contributed by atoms with Gasteiger partial charge in [0.25, 0.3) is 0 Å². The van der Waals surface area contributed by atoms with E-state index < -0.39 is 21.0 Å². The minimum Gasteiger partial charge on any atom is -0.493 e. The molecule has 0 saturated carbocycles. The number of methoxy groups -OCH3 is 2. The highest BCUT2D eigenvalue weighted by molar-refractivity contribution is 7.92. The number of carbonyl (C=O) groups is 1. The van der Waals surface area contributed by atoms with Crippen LogP contribution in [-0.2, 0) is 27.7 Å². The second kappa shape index (κ2) is 14.5. The lowest BCUT2D eigenvalue weighted by Gasteiger charge is -2.23. The van der Waals surface area contributed by atoms with Gasteiger partial charge in [-0.25, -0.2) is 13.9 Å². The fourth-order valence-electron chi connectivity index (χ4n) is 4.84. The Hall–Kier alpha value is -4.34. The Kier molecular flexibility index (Phi) is 10.6. The van der Waals surface area contributed by atoms with Crippen LogP contribution in [0.25, 0.3) is 0 Å². The Balaban J connectivity index is 1.75. The van der Waals surface area contributed by atoms with Gasteiger partial charge in [-0.2, -0.15) is 0 Å². The van der Waals surface area contributed by atoms with Crippen LogP contribution in [0.3, 0.4) is 0 Å². The second-order valence-electron chi connectivity index (χ2n) is 9.73. The topological polar surface area (TPSA) is 111 Å². The maximum atomic E-state index is 14.5. The lowest BCUT2D eigenvalue weighted by molar-refractivity contribution is -0.129. The number of ether oxygens (including phenoxy) is 3. The van der Waals surface area contributed by atoms with Crippen molar-refractivity contribution in [2.75, 3.05) is 14.2 Å². The SMILES string of the molecule is COc1ccc(S(=O)(=O)C(c2cccc(OCc3ccccc3)c2)c2ccccc2CCCCC(=O)NO)cc1OC. The maximum Gasteiger partial charge on any atom is 0.243 e. The highest BCUT2D eigenvalue weighted by atomic mass is 32.2. The van der Waals surface area contributed by atoms with Crippen molar-refractivity contribution in [3.8, 4) is 17.2 Å². The van der Waals surface area contributed by atoms with E-state index in [0.29, 0.717) is 54.2 Å². The summed E-state index contributed by atoms with van der Waals surface area (Å²) < 4.78 is 45.8. The van der Waals surface area contributed by atoms with E-state index in [-0.39, 0.29) is 11.3 Å². The first kappa shape index (κ1) is 30.6. The molecule has 0 fully saturated rings. The van der Waals surface area contributed by atoms with Crippen molar-refractivity contribution in [2.45, 2.75) is 42.4 Å². The molecule has 0 aliphatic carbocycles. The first-order valence-electron chi connectivity index (χ1n) is 13.6. The van der Waals surface area contributed by atoms with Crippen molar-refractivity contribution in [1.29, 1.82) is 0 Å². The summed E-state index contributed by atoms with van der Waals surface area (Å²) >= 11 is 0. The number of nitrogens with one attached hydrogen (secondary N) is 1. The summed E-state index contributed by atoms with van der Waals surface area (Å²) in [6, 6.07) is 28.9. The van der Waals surface area contributed by atoms with Crippen LogP contribution in [-0.4, -0.2) is 33.8 Å². The number of hydroxylamine groups is 1. The molecule has 1 amide bonds. The van der Waals surface area contributed by atoms with E-state index in [2.05, 4.69) is 0 Å². The smallest absolute Gasteiger partial charge is 0.243 e. The number of rotatable bonds is 14. The van der Waals surface area contributed by atoms with Gasteiger partial charge < -0.3 is 14.2 Å². The number of sulfone groups is 1. The largest absolute Gasteiger partial charge is 0.493 e. The summed E-state index contributed by atoms with van der Waals surface area (Å²) in [6.07, 6.45) is 1.90. The van der Waals surface area contributed by atoms with E-state index in [4.69, 9.17) is 19.4 Å². The molecule has 0 bridgehead atoms. The first-order chi connectivity index (χ1) is 20.4. The lowest BCUT2D eigenvalue weighted by Crippen LogP contribution is -2.18. The highest BCUT2D eigenvalue weighted by Crippen LogP contribution is 2.40. The maximum absolute atomic E-state index is 14.5. The number of carbonyl (C=O) groups excluding carboxylic acids is 1. The minimum atomic E-state index is -4.01. The third kappa shape index (κ3) is 7.48. The van der Waals surface area contributed by atoms with Gasteiger partial charge in [-0.15, -0.1) is 0 Å². The Morgan fingerprint density at radius 3 is 2.31 bits per heavy atom. The van der Waals surface area contributed by atoms with Crippen LogP contribution in [0, 0.1) is 0 Å². The third-order valence-corrected chi connectivity index (χ3v) is 9.02. The quantitative estimate of drug-likeness (QED) is 0.104. The zero-order valence-corrected chi connectivity index (χ0v) is 24.5. The number of aryl methyl sites for hydroxylation is 1. The molecule has 1 atom stereocenters. The van der Waals surface area contributed by atoms with Gasteiger partial charge in [0.1, 0.15) is 17.6 Å². The molecule has 0 saturated heterocycles. The molecule has 0 aromatic heterocycles. The molecule has 4 aromatic carbocycles. The normalized spacial score (nSPS) is 11.9. The van der Waals surface area contributed by atoms with E-state index in [1.54, 1.807) is 29.7 Å². The molecule has 2 N–H and O–H groups in total. The molecule has 0 radical (unpaired) electrons. The second-order valence-corrected chi connectivity index (χ2v) is 11.8. The Labute approximate surface area is 246 Å². The van der Waals surface area contributed by atoms with Crippen LogP contribution >= 0.6 is 0 Å². The van der Waals surface area contributed by atoms with Crippen LogP contribution in [0.15, 0.2) is 102 Å². The zero-order chi connectivity index (χ0) is 30.0. The van der Waals surface area contributed by atoms with E-state index in [1.165, 1.54) is 26.4 Å². The van der Waals surface area contributed by atoms with Gasteiger partial charge in [0.2, 0.25) is 5.91 Å². The number of hydrogen-bond donors (Lipinski definition) is 2. The van der Waals surface area contributed by atoms with Gasteiger partial charge in [-0.1, -0.05) is 66.7 Å². The number of benzene rings is 4. The lowest BCUT2D eigenvalue weighted by atomic mass is 9.95. The molecular weight excluding hydrogens is 554 g/mol. The van der Waals surface area contributed by atoms with Gasteiger partial charge in [-0.3, -0.25) is 10.0 Å². The van der Waals surface area contributed by atoms with E-state index in [1.807, 2.05) is 60.7 Å². The molecule has 42 heavy (non-hydrogen) atoms. The van der Waals surface area contributed by atoms with E-state index in [0.717, 1.165) is 11.1 Å². The fraction of sp³-hybridized carbons (Fsp3) is 0.242. The molecule has 0 aliphatic rings. The average molecular weight is 590 g/mol. The van der Waals surface area contributed by atoms with Crippen LogP contribution in [0.4, 0.5) is 0 Å². The summed E-state index contributed by atoms with van der Waals surface area (Å²) in [4.78, 5) is 11.6. The van der Waals surface area contributed by atoms with Crippen LogP contribution in [0.1, 0.15) is 46.8 Å². The molecule has 9 heteroatoms. The molecule has 4 rings (SSSR count). The fourth-order valence-corrected chi connectivity index (χ4v) is 6.71. The molecule has 0 aliphatic heterocycles. The van der Waals surface area contributed by atoms with Gasteiger partial charge in [0.05, 0.1) is 19.1 Å². The Bertz CT molecular complexity index is 1590. The van der Waals surface area contributed by atoms with E-state index >= 15 is 0 Å². The number of amides is 1. The molecule has 1 unspecified atom stereocenters. The zero-order valence-electron chi connectivity index (χ0n) is 23.7. The van der Waals surface area contributed by atoms with Gasteiger partial charge >= 0.3 is 0 Å². The minimum absolute atomic E-state index is 0.0928. The summed E-state index contributed by atoms with van der Waals surface area (Å²) in [6.45, 7) is 0.343. The summed E-state index contributed by atoms with van der Waals surface area (Å²) in [5.74, 6) is 0.838. The van der Waals surface area contributed by atoms with Crippen molar-refractivity contribution >= 4 is 15.7 Å². The molecule has 0 spiro atoms. The van der Waals surface area contributed by atoms with Gasteiger partial charge in [-0.05, 0) is 65.8 Å². The molecular formula is C33H35NO7S. The predicted molar refractivity (Wildman–Crippen MR) is 160 cm³/mol. The standard InChI is InChI=1S/C33H35NO7S/c1-39-30-20-19-28(22-31(30)40-2)42(37,38)33(29-17-8-6-13-25(29)14-7-9-18-32(35)34-36)26-15-10-16-27(21-26)41-23-24-11-4-3-5-12-24/h3-6,8,10-13,15-17,19-22,33,36H,7,9,14,18,23H2,1-2H3,(H,34,35). The Morgan fingerprint density at radius 1 is 0.833 bits per heavy atom. The molecule has 8 nitrogen and oxygen atoms in total. The molecule has 0 heterocycles. The van der Waals surface area contributed by atoms with Gasteiger partial charge in [0, 0.05) is 12.5 Å².